The molecule has 1 aromatic heterocycles. The molecular formula is C36H64O5SSi2. The summed E-state index contributed by atoms with van der Waals surface area (Å²) in [6.07, 6.45) is 14.1. The number of thiophene rings is 1. The highest BCUT2D eigenvalue weighted by Crippen LogP contribution is 2.52. The lowest BCUT2D eigenvalue weighted by Gasteiger charge is -2.51. The van der Waals surface area contributed by atoms with Gasteiger partial charge in [-0.3, -0.25) is 0 Å². The maximum absolute atomic E-state index is 11.9. The van der Waals surface area contributed by atoms with Gasteiger partial charge in [-0.05, 0) is 111 Å². The zero-order valence-corrected chi connectivity index (χ0v) is 32.9. The van der Waals surface area contributed by atoms with E-state index in [0.717, 1.165) is 25.7 Å². The molecule has 0 spiro atoms. The van der Waals surface area contributed by atoms with E-state index in [1.165, 1.54) is 49.0 Å². The minimum Gasteiger partial charge on any atom is -0.465 e. The van der Waals surface area contributed by atoms with Gasteiger partial charge in [-0.25, -0.2) is 4.79 Å². The fourth-order valence-corrected chi connectivity index (χ4v) is 10.3. The fourth-order valence-electron chi connectivity index (χ4n) is 6.52. The zero-order chi connectivity index (χ0) is 33.1. The van der Waals surface area contributed by atoms with Gasteiger partial charge < -0.3 is 18.7 Å². The third kappa shape index (κ3) is 8.77. The van der Waals surface area contributed by atoms with Crippen molar-refractivity contribution in [2.75, 3.05) is 7.11 Å². The second-order valence-electron chi connectivity index (χ2n) is 16.7. The summed E-state index contributed by atoms with van der Waals surface area (Å²) < 4.78 is 19.1. The Hall–Kier alpha value is -0.776. The van der Waals surface area contributed by atoms with Crippen molar-refractivity contribution in [1.82, 2.24) is 0 Å². The van der Waals surface area contributed by atoms with Crippen LogP contribution in [0.3, 0.4) is 0 Å². The number of esters is 1. The van der Waals surface area contributed by atoms with Gasteiger partial charge >= 0.3 is 5.97 Å². The van der Waals surface area contributed by atoms with Gasteiger partial charge in [0.05, 0.1) is 25.4 Å². The summed E-state index contributed by atoms with van der Waals surface area (Å²) in [7, 11) is -2.52. The molecule has 5 atom stereocenters. The third-order valence-electron chi connectivity index (χ3n) is 11.8. The Morgan fingerprint density at radius 3 is 2.25 bits per heavy atom. The number of carbonyl (C=O) groups is 1. The van der Waals surface area contributed by atoms with Crippen molar-refractivity contribution >= 4 is 33.9 Å². The number of hydrogen-bond acceptors (Lipinski definition) is 6. The van der Waals surface area contributed by atoms with E-state index in [0.29, 0.717) is 11.3 Å². The van der Waals surface area contributed by atoms with Crippen LogP contribution in [0.15, 0.2) is 24.3 Å². The second-order valence-corrected chi connectivity index (χ2v) is 27.4. The van der Waals surface area contributed by atoms with Crippen LogP contribution in [0.1, 0.15) is 114 Å². The van der Waals surface area contributed by atoms with E-state index in [-0.39, 0.29) is 51.6 Å². The van der Waals surface area contributed by atoms with Gasteiger partial charge in [-0.15, -0.1) is 11.3 Å². The Morgan fingerprint density at radius 1 is 1.09 bits per heavy atom. The molecule has 2 saturated carbocycles. The lowest BCUT2D eigenvalue weighted by atomic mass is 9.63. The first-order valence-corrected chi connectivity index (χ1v) is 23.8. The number of ether oxygens (including phenoxy) is 1. The quantitative estimate of drug-likeness (QED) is 0.122. The average molecular weight is 665 g/mol. The Bertz CT molecular complexity index is 1100. The van der Waals surface area contributed by atoms with Gasteiger partial charge in [0.2, 0.25) is 0 Å². The largest absolute Gasteiger partial charge is 0.465 e. The molecule has 2 fully saturated rings. The van der Waals surface area contributed by atoms with Crippen molar-refractivity contribution in [3.63, 3.8) is 0 Å². The zero-order valence-electron chi connectivity index (χ0n) is 30.0. The van der Waals surface area contributed by atoms with Crippen LogP contribution in [0.2, 0.25) is 36.3 Å². The van der Waals surface area contributed by atoms with E-state index in [2.05, 4.69) is 86.8 Å². The highest BCUT2D eigenvalue weighted by atomic mass is 32.1. The SMILES string of the molecule is CCC1(C(C/C=C/[C@@H]2[C@@H](CCCc3ccc(C(=O)OC)s3)[C@@H](O)C[C@H]2O[Si](C)(C)C(C)(C)C)O[Si](C)(C)C(C)(C)C)CCC1. The van der Waals surface area contributed by atoms with E-state index in [4.69, 9.17) is 13.6 Å². The number of aliphatic hydroxyl groups excluding tert-OH is 1. The van der Waals surface area contributed by atoms with E-state index in [1.54, 1.807) is 0 Å². The predicted octanol–water partition coefficient (Wildman–Crippen LogP) is 10.2. The molecule has 1 heterocycles. The predicted molar refractivity (Wildman–Crippen MR) is 191 cm³/mol. The highest BCUT2D eigenvalue weighted by Gasteiger charge is 2.49. The Balaban J connectivity index is 1.81. The smallest absolute Gasteiger partial charge is 0.348 e. The number of rotatable bonds is 14. The number of hydrogen-bond donors (Lipinski definition) is 1. The molecule has 1 unspecified atom stereocenters. The topological polar surface area (TPSA) is 65.0 Å². The molecule has 0 amide bonds. The van der Waals surface area contributed by atoms with Gasteiger partial charge in [-0.1, -0.05) is 67.0 Å². The normalized spacial score (nSPS) is 25.3. The second kappa shape index (κ2) is 14.6. The third-order valence-corrected chi connectivity index (χ3v) is 22.0. The molecule has 5 nitrogen and oxygen atoms in total. The van der Waals surface area contributed by atoms with Crippen molar-refractivity contribution < 1.29 is 23.5 Å². The van der Waals surface area contributed by atoms with Crippen LogP contribution < -0.4 is 0 Å². The molecular weight excluding hydrogens is 601 g/mol. The summed E-state index contributed by atoms with van der Waals surface area (Å²) in [5, 5.41) is 11.7. The first-order valence-electron chi connectivity index (χ1n) is 17.1. The van der Waals surface area contributed by atoms with Gasteiger partial charge in [0.1, 0.15) is 4.88 Å². The number of carbonyl (C=O) groups excluding carboxylic acids is 1. The van der Waals surface area contributed by atoms with E-state index in [1.807, 2.05) is 12.1 Å². The van der Waals surface area contributed by atoms with Crippen LogP contribution in [0.5, 0.6) is 0 Å². The molecule has 2 aliphatic rings. The summed E-state index contributed by atoms with van der Waals surface area (Å²) >= 11 is 1.52. The van der Waals surface area contributed by atoms with Crippen LogP contribution in [-0.2, 0) is 20.0 Å². The Morgan fingerprint density at radius 2 is 1.73 bits per heavy atom. The molecule has 1 N–H and O–H groups in total. The van der Waals surface area contributed by atoms with Crippen molar-refractivity contribution in [2.24, 2.45) is 17.3 Å². The molecule has 0 saturated heterocycles. The summed E-state index contributed by atoms with van der Waals surface area (Å²) in [4.78, 5) is 13.8. The van der Waals surface area contributed by atoms with Crippen LogP contribution in [-0.4, -0.2) is 53.1 Å². The fraction of sp³-hybridized carbons (Fsp3) is 0.806. The van der Waals surface area contributed by atoms with Gasteiger partial charge in [-0.2, -0.15) is 0 Å². The standard InChI is InChI=1S/C36H64O5SSi2/c1-13-36(23-16-24-36)32(41-44(11,12)35(5,6)7)20-15-19-28-27(18-14-17-26-21-22-31(42-26)33(38)39-8)29(37)25-30(28)40-43(9,10)34(2,3)4/h15,19,21-22,27-30,32,37H,13-14,16-18,20,23-25H2,1-12H3/b19-15+/t27-,28-,29+,30-,32?/m1/s1. The minimum absolute atomic E-state index is 0.0309. The van der Waals surface area contributed by atoms with Gasteiger partial charge in [0.25, 0.3) is 0 Å². The maximum Gasteiger partial charge on any atom is 0.348 e. The monoisotopic (exact) mass is 664 g/mol. The maximum atomic E-state index is 11.9. The Labute approximate surface area is 275 Å². The van der Waals surface area contributed by atoms with Crippen LogP contribution >= 0.6 is 11.3 Å². The van der Waals surface area contributed by atoms with E-state index >= 15 is 0 Å². The summed E-state index contributed by atoms with van der Waals surface area (Å²) in [6, 6.07) is 3.90. The number of methoxy groups -OCH3 is 1. The van der Waals surface area contributed by atoms with Crippen LogP contribution in [0, 0.1) is 17.3 Å². The summed E-state index contributed by atoms with van der Waals surface area (Å²) in [6.45, 7) is 25.7. The molecule has 8 heteroatoms. The van der Waals surface area contributed by atoms with Gasteiger partial charge in [0.15, 0.2) is 16.6 Å². The van der Waals surface area contributed by atoms with Crippen molar-refractivity contribution in [3.05, 3.63) is 34.0 Å². The molecule has 0 aromatic carbocycles. The van der Waals surface area contributed by atoms with Crippen LogP contribution in [0.4, 0.5) is 0 Å². The van der Waals surface area contributed by atoms with Crippen molar-refractivity contribution in [1.29, 1.82) is 0 Å². The average Bonchev–Trinajstić information content (AvgIpc) is 3.46. The molecule has 0 aliphatic heterocycles. The first kappa shape index (κ1) is 37.7. The number of aliphatic hydroxyl groups is 1. The van der Waals surface area contributed by atoms with Crippen molar-refractivity contribution in [2.45, 2.75) is 161 Å². The number of aryl methyl sites for hydroxylation is 1. The molecule has 44 heavy (non-hydrogen) atoms. The molecule has 252 valence electrons. The summed E-state index contributed by atoms with van der Waals surface area (Å²) in [5.74, 6) is 0.0658. The molecule has 0 radical (unpaired) electrons. The first-order chi connectivity index (χ1) is 20.3. The molecule has 2 aliphatic carbocycles. The van der Waals surface area contributed by atoms with Crippen molar-refractivity contribution in [3.8, 4) is 0 Å². The minimum atomic E-state index is -2.02. The highest BCUT2D eigenvalue weighted by molar-refractivity contribution is 7.13. The summed E-state index contributed by atoms with van der Waals surface area (Å²) in [5.41, 5.74) is 0.287. The lowest BCUT2D eigenvalue weighted by Crippen LogP contribution is -2.51. The molecule has 1 aromatic rings. The van der Waals surface area contributed by atoms with Crippen LogP contribution in [0.25, 0.3) is 0 Å². The molecule has 0 bridgehead atoms. The Kier molecular flexibility index (Phi) is 12.5. The van der Waals surface area contributed by atoms with E-state index < -0.39 is 16.6 Å². The van der Waals surface area contributed by atoms with E-state index in [9.17, 15) is 9.90 Å². The van der Waals surface area contributed by atoms with Gasteiger partial charge in [0, 0.05) is 10.8 Å². The lowest BCUT2D eigenvalue weighted by molar-refractivity contribution is -0.0273. The molecule has 3 rings (SSSR count).